The van der Waals surface area contributed by atoms with Crippen molar-refractivity contribution in [1.29, 1.82) is 5.26 Å². The molecule has 0 aromatic carbocycles. The number of halogens is 1. The summed E-state index contributed by atoms with van der Waals surface area (Å²) in [4.78, 5) is 13.9. The Kier molecular flexibility index (Phi) is 3.33. The van der Waals surface area contributed by atoms with Crippen molar-refractivity contribution in [3.05, 3.63) is 29.2 Å². The highest BCUT2D eigenvalue weighted by Crippen LogP contribution is 2.38. The minimum Gasteiger partial charge on any atom is -0.393 e. The number of pyridine rings is 2. The first kappa shape index (κ1) is 14.2. The molecule has 0 radical (unpaired) electrons. The second-order valence-corrected chi connectivity index (χ2v) is 6.16. The number of aliphatic hydroxyl groups excluding tert-OH is 1. The Hall–Kier alpha value is -2.36. The van der Waals surface area contributed by atoms with Crippen LogP contribution < -0.4 is 4.90 Å². The number of hydrogen-bond donors (Lipinski definition) is 2. The molecule has 0 unspecified atom stereocenters. The molecule has 0 bridgehead atoms. The molecule has 4 heterocycles. The van der Waals surface area contributed by atoms with Crippen LogP contribution in [0.3, 0.4) is 0 Å². The van der Waals surface area contributed by atoms with Gasteiger partial charge in [0.2, 0.25) is 0 Å². The number of H-pyrrole nitrogens is 1. The first-order valence-corrected chi connectivity index (χ1v) is 7.84. The van der Waals surface area contributed by atoms with E-state index in [9.17, 15) is 5.11 Å². The summed E-state index contributed by atoms with van der Waals surface area (Å²) in [7, 11) is 0. The number of nitriles is 1. The van der Waals surface area contributed by atoms with E-state index in [0.29, 0.717) is 23.6 Å². The van der Waals surface area contributed by atoms with Gasteiger partial charge in [-0.25, -0.2) is 9.97 Å². The molecule has 0 saturated carbocycles. The molecule has 23 heavy (non-hydrogen) atoms. The van der Waals surface area contributed by atoms with E-state index < -0.39 is 0 Å². The lowest BCUT2D eigenvalue weighted by Gasteiger charge is -2.32. The van der Waals surface area contributed by atoms with Crippen LogP contribution in [-0.2, 0) is 0 Å². The van der Waals surface area contributed by atoms with E-state index in [-0.39, 0.29) is 6.10 Å². The number of rotatable bonds is 1. The van der Waals surface area contributed by atoms with Crippen LogP contribution in [0.1, 0.15) is 18.5 Å². The Bertz CT molecular complexity index is 937. The van der Waals surface area contributed by atoms with Crippen molar-refractivity contribution < 1.29 is 5.11 Å². The molecule has 0 amide bonds. The Balaban J connectivity index is 1.98. The van der Waals surface area contributed by atoms with Gasteiger partial charge in [-0.05, 0) is 18.9 Å². The molecule has 2 N–H and O–H groups in total. The molecule has 0 aliphatic carbocycles. The van der Waals surface area contributed by atoms with Gasteiger partial charge in [0.1, 0.15) is 17.4 Å². The summed E-state index contributed by atoms with van der Waals surface area (Å²) < 4.78 is 0. The van der Waals surface area contributed by atoms with Gasteiger partial charge in [-0.3, -0.25) is 0 Å². The lowest BCUT2D eigenvalue weighted by atomic mass is 10.1. The standard InChI is InChI=1S/C16H14ClN5O/c17-12-7-20-16-14(15(12)22-3-1-10(23)2-4-22)11-5-9(6-18)19-8-13(11)21-16/h5,7-8,10,23H,1-4H2,(H,20,21). The second kappa shape index (κ2) is 5.37. The summed E-state index contributed by atoms with van der Waals surface area (Å²) in [6.07, 6.45) is 4.46. The first-order valence-electron chi connectivity index (χ1n) is 7.46. The van der Waals surface area contributed by atoms with Crippen LogP contribution in [0.5, 0.6) is 0 Å². The van der Waals surface area contributed by atoms with E-state index in [4.69, 9.17) is 16.9 Å². The van der Waals surface area contributed by atoms with E-state index in [1.54, 1.807) is 18.5 Å². The predicted octanol–water partition coefficient (Wildman–Crippen LogP) is 2.60. The maximum atomic E-state index is 9.73. The molecule has 7 heteroatoms. The molecule has 1 aliphatic heterocycles. The average Bonchev–Trinajstić information content (AvgIpc) is 2.93. The number of anilines is 1. The molecule has 116 valence electrons. The van der Waals surface area contributed by atoms with Crippen LogP contribution in [0.15, 0.2) is 18.5 Å². The van der Waals surface area contributed by atoms with Gasteiger partial charge in [-0.2, -0.15) is 5.26 Å². The molecule has 3 aromatic rings. The van der Waals surface area contributed by atoms with Gasteiger partial charge < -0.3 is 15.0 Å². The van der Waals surface area contributed by atoms with Crippen molar-refractivity contribution in [1.82, 2.24) is 15.0 Å². The van der Waals surface area contributed by atoms with Crippen LogP contribution in [-0.4, -0.2) is 39.3 Å². The van der Waals surface area contributed by atoms with Crippen LogP contribution in [0, 0.1) is 11.3 Å². The van der Waals surface area contributed by atoms with Crippen molar-refractivity contribution in [2.24, 2.45) is 0 Å². The maximum Gasteiger partial charge on any atom is 0.141 e. The third-order valence-electron chi connectivity index (χ3n) is 4.33. The van der Waals surface area contributed by atoms with E-state index in [1.165, 1.54) is 0 Å². The van der Waals surface area contributed by atoms with Gasteiger partial charge in [0.25, 0.3) is 0 Å². The highest BCUT2D eigenvalue weighted by molar-refractivity contribution is 6.35. The van der Waals surface area contributed by atoms with Crippen molar-refractivity contribution in [2.45, 2.75) is 18.9 Å². The third-order valence-corrected chi connectivity index (χ3v) is 4.61. The number of nitrogens with one attached hydrogen (secondary N) is 1. The Morgan fingerprint density at radius 2 is 2.09 bits per heavy atom. The Morgan fingerprint density at radius 3 is 2.83 bits per heavy atom. The summed E-state index contributed by atoms with van der Waals surface area (Å²) in [5.74, 6) is 0. The zero-order valence-electron chi connectivity index (χ0n) is 12.3. The van der Waals surface area contributed by atoms with Crippen molar-refractivity contribution in [3.8, 4) is 6.07 Å². The van der Waals surface area contributed by atoms with Crippen LogP contribution >= 0.6 is 11.6 Å². The van der Waals surface area contributed by atoms with E-state index in [2.05, 4.69) is 25.9 Å². The summed E-state index contributed by atoms with van der Waals surface area (Å²) >= 11 is 6.44. The number of aliphatic hydroxyl groups is 1. The van der Waals surface area contributed by atoms with Crippen molar-refractivity contribution >= 4 is 39.2 Å². The minimum absolute atomic E-state index is 0.250. The van der Waals surface area contributed by atoms with Gasteiger partial charge in [0, 0.05) is 18.5 Å². The maximum absolute atomic E-state index is 9.73. The Morgan fingerprint density at radius 1 is 1.30 bits per heavy atom. The SMILES string of the molecule is N#Cc1cc2c(cn1)[nH]c1ncc(Cl)c(N3CCC(O)CC3)c12. The number of aromatic nitrogens is 3. The van der Waals surface area contributed by atoms with E-state index in [0.717, 1.165) is 40.7 Å². The van der Waals surface area contributed by atoms with Gasteiger partial charge >= 0.3 is 0 Å². The predicted molar refractivity (Wildman–Crippen MR) is 88.6 cm³/mol. The topological polar surface area (TPSA) is 88.8 Å². The fourth-order valence-electron chi connectivity index (χ4n) is 3.18. The Labute approximate surface area is 137 Å². The van der Waals surface area contributed by atoms with Gasteiger partial charge in [0.05, 0.1) is 40.1 Å². The molecule has 4 rings (SSSR count). The fourth-order valence-corrected chi connectivity index (χ4v) is 3.44. The van der Waals surface area contributed by atoms with Gasteiger partial charge in [0.15, 0.2) is 0 Å². The third kappa shape index (κ3) is 2.29. The van der Waals surface area contributed by atoms with Gasteiger partial charge in [-0.15, -0.1) is 0 Å². The van der Waals surface area contributed by atoms with Crippen LogP contribution in [0.4, 0.5) is 5.69 Å². The molecule has 1 aliphatic rings. The monoisotopic (exact) mass is 327 g/mol. The normalized spacial score (nSPS) is 16.1. The number of piperidine rings is 1. The molecule has 0 spiro atoms. The number of aromatic amines is 1. The highest BCUT2D eigenvalue weighted by Gasteiger charge is 2.23. The smallest absolute Gasteiger partial charge is 0.141 e. The quantitative estimate of drug-likeness (QED) is 0.717. The summed E-state index contributed by atoms with van der Waals surface area (Å²) in [5, 5.41) is 21.2. The molecule has 1 saturated heterocycles. The molecular weight excluding hydrogens is 314 g/mol. The van der Waals surface area contributed by atoms with Gasteiger partial charge in [-0.1, -0.05) is 11.6 Å². The lowest BCUT2D eigenvalue weighted by Crippen LogP contribution is -2.36. The first-order chi connectivity index (χ1) is 11.2. The summed E-state index contributed by atoms with van der Waals surface area (Å²) in [5.41, 5.74) is 2.82. The molecule has 6 nitrogen and oxygen atoms in total. The van der Waals surface area contributed by atoms with Crippen molar-refractivity contribution in [3.63, 3.8) is 0 Å². The molecule has 3 aromatic heterocycles. The van der Waals surface area contributed by atoms with Crippen LogP contribution in [0.25, 0.3) is 21.9 Å². The molecule has 0 atom stereocenters. The largest absolute Gasteiger partial charge is 0.393 e. The zero-order valence-corrected chi connectivity index (χ0v) is 13.0. The van der Waals surface area contributed by atoms with Crippen molar-refractivity contribution in [2.75, 3.05) is 18.0 Å². The number of fused-ring (bicyclic) bond motifs is 3. The molecule has 1 fully saturated rings. The zero-order chi connectivity index (χ0) is 16.0. The lowest BCUT2D eigenvalue weighted by molar-refractivity contribution is 0.145. The average molecular weight is 328 g/mol. The summed E-state index contributed by atoms with van der Waals surface area (Å²) in [6.45, 7) is 1.48. The van der Waals surface area contributed by atoms with E-state index >= 15 is 0 Å². The minimum atomic E-state index is -0.250. The number of nitrogens with zero attached hydrogens (tertiary/aromatic N) is 4. The molecular formula is C16H14ClN5O. The number of hydrogen-bond acceptors (Lipinski definition) is 5. The fraction of sp³-hybridized carbons (Fsp3) is 0.312. The second-order valence-electron chi connectivity index (χ2n) is 5.75. The van der Waals surface area contributed by atoms with Crippen LogP contribution in [0.2, 0.25) is 5.02 Å². The highest BCUT2D eigenvalue weighted by atomic mass is 35.5. The van der Waals surface area contributed by atoms with E-state index in [1.807, 2.05) is 0 Å². The summed E-state index contributed by atoms with van der Waals surface area (Å²) in [6, 6.07) is 3.83.